The highest BCUT2D eigenvalue weighted by Gasteiger charge is 2.12. The Kier molecular flexibility index (Phi) is 12.7. The molecular formula is C18H28O8S. The predicted molar refractivity (Wildman–Crippen MR) is 98.7 cm³/mol. The van der Waals surface area contributed by atoms with Gasteiger partial charge in [-0.15, -0.1) is 0 Å². The average Bonchev–Trinajstić information content (AvgIpc) is 2.63. The van der Waals surface area contributed by atoms with Crippen molar-refractivity contribution in [1.29, 1.82) is 0 Å². The largest absolute Gasteiger partial charge is 0.466 e. The van der Waals surface area contributed by atoms with Gasteiger partial charge in [0.15, 0.2) is 0 Å². The second-order valence-electron chi connectivity index (χ2n) is 5.40. The van der Waals surface area contributed by atoms with Crippen molar-refractivity contribution in [3.8, 4) is 0 Å². The number of benzene rings is 1. The van der Waals surface area contributed by atoms with E-state index in [4.69, 9.17) is 23.1 Å². The SMILES string of the molecule is CCOC(=O)CCOCCOCCOCCOS(=O)(=O)Cc1ccccc1. The fourth-order valence-electron chi connectivity index (χ4n) is 1.97. The highest BCUT2D eigenvalue weighted by molar-refractivity contribution is 7.85. The number of hydrogen-bond donors (Lipinski definition) is 0. The van der Waals surface area contributed by atoms with Crippen LogP contribution in [-0.4, -0.2) is 67.2 Å². The monoisotopic (exact) mass is 404 g/mol. The maximum absolute atomic E-state index is 11.8. The fourth-order valence-corrected chi connectivity index (χ4v) is 2.98. The first kappa shape index (κ1) is 23.5. The van der Waals surface area contributed by atoms with Crippen LogP contribution in [-0.2, 0) is 43.8 Å². The normalized spacial score (nSPS) is 11.4. The van der Waals surface area contributed by atoms with Crippen LogP contribution in [0.15, 0.2) is 30.3 Å². The van der Waals surface area contributed by atoms with Gasteiger partial charge in [0.25, 0.3) is 10.1 Å². The minimum absolute atomic E-state index is 0.0356. The molecule has 0 amide bonds. The van der Waals surface area contributed by atoms with Crippen LogP contribution < -0.4 is 0 Å². The van der Waals surface area contributed by atoms with Gasteiger partial charge in [-0.3, -0.25) is 8.98 Å². The van der Waals surface area contributed by atoms with Gasteiger partial charge in [0, 0.05) is 0 Å². The second-order valence-corrected chi connectivity index (χ2v) is 7.04. The van der Waals surface area contributed by atoms with Crippen molar-refractivity contribution < 1.29 is 36.3 Å². The molecule has 1 rings (SSSR count). The molecule has 0 aliphatic heterocycles. The van der Waals surface area contributed by atoms with Crippen molar-refractivity contribution in [2.75, 3.05) is 52.9 Å². The summed E-state index contributed by atoms with van der Waals surface area (Å²) in [6.45, 7) is 3.99. The maximum Gasteiger partial charge on any atom is 0.308 e. The Morgan fingerprint density at radius 2 is 1.41 bits per heavy atom. The van der Waals surface area contributed by atoms with Crippen molar-refractivity contribution in [1.82, 2.24) is 0 Å². The van der Waals surface area contributed by atoms with E-state index in [1.165, 1.54) is 0 Å². The van der Waals surface area contributed by atoms with Crippen molar-refractivity contribution in [2.45, 2.75) is 19.1 Å². The topological polar surface area (TPSA) is 97.4 Å². The van der Waals surface area contributed by atoms with E-state index >= 15 is 0 Å². The highest BCUT2D eigenvalue weighted by Crippen LogP contribution is 2.06. The molecule has 9 heteroatoms. The molecular weight excluding hydrogens is 376 g/mol. The zero-order valence-electron chi connectivity index (χ0n) is 15.6. The summed E-state index contributed by atoms with van der Waals surface area (Å²) >= 11 is 0. The molecule has 0 bridgehead atoms. The van der Waals surface area contributed by atoms with Crippen LogP contribution in [0.1, 0.15) is 18.9 Å². The van der Waals surface area contributed by atoms with Crippen LogP contribution in [0.2, 0.25) is 0 Å². The van der Waals surface area contributed by atoms with Gasteiger partial charge in [-0.25, -0.2) is 0 Å². The zero-order valence-corrected chi connectivity index (χ0v) is 16.4. The predicted octanol–water partition coefficient (Wildman–Crippen LogP) is 1.54. The first-order chi connectivity index (χ1) is 13.0. The van der Waals surface area contributed by atoms with E-state index in [1.807, 2.05) is 6.07 Å². The molecule has 0 unspecified atom stereocenters. The van der Waals surface area contributed by atoms with Crippen LogP contribution in [0, 0.1) is 0 Å². The number of carbonyl (C=O) groups excluding carboxylic acids is 1. The molecule has 27 heavy (non-hydrogen) atoms. The minimum Gasteiger partial charge on any atom is -0.466 e. The van der Waals surface area contributed by atoms with Crippen molar-refractivity contribution in [3.63, 3.8) is 0 Å². The Hall–Kier alpha value is -1.52. The lowest BCUT2D eigenvalue weighted by molar-refractivity contribution is -0.144. The van der Waals surface area contributed by atoms with Crippen molar-refractivity contribution in [2.24, 2.45) is 0 Å². The molecule has 0 saturated heterocycles. The molecule has 0 N–H and O–H groups in total. The fraction of sp³-hybridized carbons (Fsp3) is 0.611. The Morgan fingerprint density at radius 1 is 0.852 bits per heavy atom. The molecule has 8 nitrogen and oxygen atoms in total. The summed E-state index contributed by atoms with van der Waals surface area (Å²) in [5, 5.41) is 0. The number of carbonyl (C=O) groups is 1. The van der Waals surface area contributed by atoms with Crippen LogP contribution in [0.3, 0.4) is 0 Å². The molecule has 0 aliphatic carbocycles. The quantitative estimate of drug-likeness (QED) is 0.232. The van der Waals surface area contributed by atoms with Gasteiger partial charge in [0.2, 0.25) is 0 Å². The van der Waals surface area contributed by atoms with Gasteiger partial charge in [0.05, 0.1) is 59.3 Å². The third kappa shape index (κ3) is 13.3. The molecule has 1 aromatic rings. The zero-order chi connectivity index (χ0) is 19.8. The average molecular weight is 404 g/mol. The number of esters is 1. The molecule has 0 fully saturated rings. The molecule has 0 heterocycles. The highest BCUT2D eigenvalue weighted by atomic mass is 32.2. The van der Waals surface area contributed by atoms with Crippen LogP contribution >= 0.6 is 0 Å². The summed E-state index contributed by atoms with van der Waals surface area (Å²) in [5.74, 6) is -0.438. The summed E-state index contributed by atoms with van der Waals surface area (Å²) in [5.41, 5.74) is 0.677. The van der Waals surface area contributed by atoms with E-state index in [-0.39, 0.29) is 31.4 Å². The molecule has 0 spiro atoms. The summed E-state index contributed by atoms with van der Waals surface area (Å²) in [4.78, 5) is 11.1. The van der Waals surface area contributed by atoms with Crippen LogP contribution in [0.5, 0.6) is 0 Å². The van der Waals surface area contributed by atoms with E-state index < -0.39 is 10.1 Å². The van der Waals surface area contributed by atoms with Gasteiger partial charge in [-0.2, -0.15) is 8.42 Å². The van der Waals surface area contributed by atoms with Crippen molar-refractivity contribution in [3.05, 3.63) is 35.9 Å². The number of ether oxygens (including phenoxy) is 4. The number of hydrogen-bond acceptors (Lipinski definition) is 8. The van der Waals surface area contributed by atoms with E-state index in [1.54, 1.807) is 31.2 Å². The molecule has 154 valence electrons. The van der Waals surface area contributed by atoms with E-state index in [2.05, 4.69) is 0 Å². The smallest absolute Gasteiger partial charge is 0.308 e. The van der Waals surface area contributed by atoms with Crippen molar-refractivity contribution >= 4 is 16.1 Å². The summed E-state index contributed by atoms with van der Waals surface area (Å²) in [6.07, 6.45) is 0.226. The Morgan fingerprint density at radius 3 is 2.00 bits per heavy atom. The van der Waals surface area contributed by atoms with E-state index in [0.29, 0.717) is 45.2 Å². The standard InChI is InChI=1S/C18H28O8S/c1-2-25-18(19)8-9-22-10-11-23-12-13-24-14-15-26-27(20,21)16-17-6-4-3-5-7-17/h3-7H,2,8-16H2,1H3. The molecule has 0 aliphatic rings. The molecule has 0 saturated carbocycles. The molecule has 0 radical (unpaired) electrons. The lowest BCUT2D eigenvalue weighted by atomic mass is 10.2. The van der Waals surface area contributed by atoms with Gasteiger partial charge >= 0.3 is 5.97 Å². The third-order valence-corrected chi connectivity index (χ3v) is 4.39. The van der Waals surface area contributed by atoms with Crippen LogP contribution in [0.25, 0.3) is 0 Å². The third-order valence-electron chi connectivity index (χ3n) is 3.18. The Labute approximate surface area is 160 Å². The molecule has 0 atom stereocenters. The van der Waals surface area contributed by atoms with Gasteiger partial charge in [-0.1, -0.05) is 30.3 Å². The van der Waals surface area contributed by atoms with Crippen LogP contribution in [0.4, 0.5) is 0 Å². The summed E-state index contributed by atoms with van der Waals surface area (Å²) < 4.78 is 49.0. The van der Waals surface area contributed by atoms with E-state index in [0.717, 1.165) is 0 Å². The molecule has 1 aromatic carbocycles. The first-order valence-corrected chi connectivity index (χ1v) is 10.4. The van der Waals surface area contributed by atoms with Gasteiger partial charge < -0.3 is 18.9 Å². The number of rotatable bonds is 16. The Bertz CT molecular complexity index is 603. The van der Waals surface area contributed by atoms with Gasteiger partial charge in [0.1, 0.15) is 5.75 Å². The second kappa shape index (κ2) is 14.5. The summed E-state index contributed by atoms with van der Waals surface area (Å²) in [6, 6.07) is 8.84. The maximum atomic E-state index is 11.8. The van der Waals surface area contributed by atoms with E-state index in [9.17, 15) is 13.2 Å². The first-order valence-electron chi connectivity index (χ1n) is 8.83. The Balaban J connectivity index is 1.91. The summed E-state index contributed by atoms with van der Waals surface area (Å²) in [7, 11) is -3.62. The minimum atomic E-state index is -3.62. The lowest BCUT2D eigenvalue weighted by Crippen LogP contribution is -2.15. The molecule has 0 aromatic heterocycles. The van der Waals surface area contributed by atoms with Gasteiger partial charge in [-0.05, 0) is 12.5 Å². The lowest BCUT2D eigenvalue weighted by Gasteiger charge is -2.08.